The summed E-state index contributed by atoms with van der Waals surface area (Å²) >= 11 is 11.9. The van der Waals surface area contributed by atoms with Gasteiger partial charge in [-0.2, -0.15) is 0 Å². The van der Waals surface area contributed by atoms with Crippen LogP contribution in [-0.2, 0) is 4.79 Å². The number of benzene rings is 2. The Hall–Kier alpha value is -1.71. The van der Waals surface area contributed by atoms with Gasteiger partial charge in [0.15, 0.2) is 0 Å². The number of anilines is 1. The molecule has 25 heavy (non-hydrogen) atoms. The summed E-state index contributed by atoms with van der Waals surface area (Å²) in [6.07, 6.45) is 2.03. The minimum absolute atomic E-state index is 0.0124. The third kappa shape index (κ3) is 5.94. The van der Waals surface area contributed by atoms with Crippen LogP contribution in [-0.4, -0.2) is 12.5 Å². The van der Waals surface area contributed by atoms with Gasteiger partial charge >= 0.3 is 0 Å². The van der Waals surface area contributed by atoms with Crippen LogP contribution in [0.3, 0.4) is 0 Å². The van der Waals surface area contributed by atoms with Gasteiger partial charge in [-0.3, -0.25) is 4.79 Å². The third-order valence-corrected chi connectivity index (χ3v) is 4.61. The van der Waals surface area contributed by atoms with Crippen LogP contribution in [0.25, 0.3) is 0 Å². The molecule has 2 aromatic rings. The standard InChI is InChI=1S/C20H23Cl2NO2/c1-3-14(2)16-7-4-5-8-18(16)23-20(24)9-6-12-25-19-11-10-15(21)13-17(19)22/h4-5,7-8,10-11,13-14H,3,6,9,12H2,1-2H3,(H,23,24). The molecule has 0 aliphatic heterocycles. The molecule has 5 heteroatoms. The fraction of sp³-hybridized carbons (Fsp3) is 0.350. The molecular formula is C20H23Cl2NO2. The number of ether oxygens (including phenoxy) is 1. The molecule has 0 aromatic heterocycles. The molecule has 1 N–H and O–H groups in total. The zero-order valence-electron chi connectivity index (χ0n) is 14.5. The molecule has 0 heterocycles. The van der Waals surface area contributed by atoms with Crippen molar-refractivity contribution in [1.82, 2.24) is 0 Å². The maximum Gasteiger partial charge on any atom is 0.224 e. The van der Waals surface area contributed by atoms with Crippen LogP contribution < -0.4 is 10.1 Å². The first kappa shape index (κ1) is 19.6. The number of carbonyl (C=O) groups excluding carboxylic acids is 1. The number of nitrogens with one attached hydrogen (secondary N) is 1. The monoisotopic (exact) mass is 379 g/mol. The Morgan fingerprint density at radius 3 is 2.68 bits per heavy atom. The van der Waals surface area contributed by atoms with Crippen LogP contribution in [0.4, 0.5) is 5.69 Å². The van der Waals surface area contributed by atoms with Crippen molar-refractivity contribution in [3.8, 4) is 5.75 Å². The van der Waals surface area contributed by atoms with Gasteiger partial charge < -0.3 is 10.1 Å². The maximum absolute atomic E-state index is 12.2. The highest BCUT2D eigenvalue weighted by Gasteiger charge is 2.11. The number of carbonyl (C=O) groups is 1. The van der Waals surface area contributed by atoms with Crippen molar-refractivity contribution in [2.45, 2.75) is 39.0 Å². The molecule has 0 saturated heterocycles. The third-order valence-electron chi connectivity index (χ3n) is 4.08. The van der Waals surface area contributed by atoms with E-state index in [1.165, 1.54) is 5.56 Å². The second-order valence-electron chi connectivity index (χ2n) is 5.97. The zero-order chi connectivity index (χ0) is 18.2. The fourth-order valence-electron chi connectivity index (χ4n) is 2.48. The topological polar surface area (TPSA) is 38.3 Å². The maximum atomic E-state index is 12.2. The van der Waals surface area contributed by atoms with Gasteiger partial charge in [-0.25, -0.2) is 0 Å². The summed E-state index contributed by atoms with van der Waals surface area (Å²) in [6, 6.07) is 13.0. The molecule has 0 saturated carbocycles. The largest absolute Gasteiger partial charge is 0.492 e. The van der Waals surface area contributed by atoms with Crippen LogP contribution in [0.1, 0.15) is 44.6 Å². The van der Waals surface area contributed by atoms with Gasteiger partial charge in [-0.1, -0.05) is 55.2 Å². The SMILES string of the molecule is CCC(C)c1ccccc1NC(=O)CCCOc1ccc(Cl)cc1Cl. The summed E-state index contributed by atoms with van der Waals surface area (Å²) in [4.78, 5) is 12.2. The zero-order valence-corrected chi connectivity index (χ0v) is 16.0. The number of hydrogen-bond acceptors (Lipinski definition) is 2. The molecule has 0 spiro atoms. The van der Waals surface area contributed by atoms with Gasteiger partial charge in [0, 0.05) is 17.1 Å². The average molecular weight is 380 g/mol. The van der Waals surface area contributed by atoms with Gasteiger partial charge in [0.25, 0.3) is 0 Å². The van der Waals surface area contributed by atoms with E-state index < -0.39 is 0 Å². The lowest BCUT2D eigenvalue weighted by Crippen LogP contribution is -2.14. The Balaban J connectivity index is 1.81. The van der Waals surface area contributed by atoms with Crippen molar-refractivity contribution in [3.05, 3.63) is 58.1 Å². The average Bonchev–Trinajstić information content (AvgIpc) is 2.60. The van der Waals surface area contributed by atoms with E-state index in [9.17, 15) is 4.79 Å². The minimum atomic E-state index is -0.0124. The lowest BCUT2D eigenvalue weighted by atomic mass is 9.97. The molecule has 0 aliphatic carbocycles. The van der Waals surface area contributed by atoms with E-state index >= 15 is 0 Å². The lowest BCUT2D eigenvalue weighted by Gasteiger charge is -2.15. The quantitative estimate of drug-likeness (QED) is 0.546. The molecule has 0 fully saturated rings. The van der Waals surface area contributed by atoms with Gasteiger partial charge in [-0.15, -0.1) is 0 Å². The molecule has 1 unspecified atom stereocenters. The number of amides is 1. The molecule has 3 nitrogen and oxygen atoms in total. The van der Waals surface area contributed by atoms with E-state index in [-0.39, 0.29) is 5.91 Å². The second kappa shape index (κ2) is 9.69. The summed E-state index contributed by atoms with van der Waals surface area (Å²) in [5.74, 6) is 0.974. The van der Waals surface area contributed by atoms with Gasteiger partial charge in [0.2, 0.25) is 5.91 Å². The lowest BCUT2D eigenvalue weighted by molar-refractivity contribution is -0.116. The van der Waals surface area contributed by atoms with Crippen LogP contribution in [0.2, 0.25) is 10.0 Å². The van der Waals surface area contributed by atoms with Crippen molar-refractivity contribution in [2.24, 2.45) is 0 Å². The molecule has 1 amide bonds. The van der Waals surface area contributed by atoms with Crippen LogP contribution in [0.5, 0.6) is 5.75 Å². The van der Waals surface area contributed by atoms with Crippen molar-refractivity contribution in [3.63, 3.8) is 0 Å². The normalized spacial score (nSPS) is 11.8. The van der Waals surface area contributed by atoms with E-state index in [1.807, 2.05) is 18.2 Å². The summed E-state index contributed by atoms with van der Waals surface area (Å²) in [7, 11) is 0. The van der Waals surface area contributed by atoms with Crippen LogP contribution in [0.15, 0.2) is 42.5 Å². The first-order valence-electron chi connectivity index (χ1n) is 8.48. The number of hydrogen-bond donors (Lipinski definition) is 1. The van der Waals surface area contributed by atoms with Crippen LogP contribution >= 0.6 is 23.2 Å². The molecule has 0 aliphatic rings. The van der Waals surface area contributed by atoms with E-state index in [0.717, 1.165) is 12.1 Å². The van der Waals surface area contributed by atoms with Crippen molar-refractivity contribution >= 4 is 34.8 Å². The number of para-hydroxylation sites is 1. The minimum Gasteiger partial charge on any atom is -0.492 e. The van der Waals surface area contributed by atoms with Crippen molar-refractivity contribution < 1.29 is 9.53 Å². The number of rotatable bonds is 8. The predicted octanol–water partition coefficient (Wildman–Crippen LogP) is 6.30. The molecule has 134 valence electrons. The number of halogens is 2. The Morgan fingerprint density at radius 1 is 1.20 bits per heavy atom. The molecule has 1 atom stereocenters. The van der Waals surface area contributed by atoms with Crippen molar-refractivity contribution in [2.75, 3.05) is 11.9 Å². The highest BCUT2D eigenvalue weighted by atomic mass is 35.5. The van der Waals surface area contributed by atoms with E-state index in [1.54, 1.807) is 18.2 Å². The fourth-order valence-corrected chi connectivity index (χ4v) is 2.94. The van der Waals surface area contributed by atoms with E-state index in [2.05, 4.69) is 25.2 Å². The Bertz CT molecular complexity index is 719. The Labute approximate surface area is 159 Å². The molecule has 0 radical (unpaired) electrons. The highest BCUT2D eigenvalue weighted by Crippen LogP contribution is 2.28. The van der Waals surface area contributed by atoms with E-state index in [4.69, 9.17) is 27.9 Å². The van der Waals surface area contributed by atoms with Gasteiger partial charge in [0.1, 0.15) is 5.75 Å². The summed E-state index contributed by atoms with van der Waals surface area (Å²) < 4.78 is 5.60. The van der Waals surface area contributed by atoms with Crippen LogP contribution in [0, 0.1) is 0 Å². The molecular weight excluding hydrogens is 357 g/mol. The molecule has 0 bridgehead atoms. The Morgan fingerprint density at radius 2 is 1.96 bits per heavy atom. The summed E-state index contributed by atoms with van der Waals surface area (Å²) in [5.41, 5.74) is 2.06. The Kier molecular flexibility index (Phi) is 7.60. The summed E-state index contributed by atoms with van der Waals surface area (Å²) in [5, 5.41) is 4.04. The summed E-state index contributed by atoms with van der Waals surface area (Å²) in [6.45, 7) is 4.72. The molecule has 2 aromatic carbocycles. The second-order valence-corrected chi connectivity index (χ2v) is 6.82. The first-order chi connectivity index (χ1) is 12.0. The van der Waals surface area contributed by atoms with Gasteiger partial charge in [-0.05, 0) is 48.6 Å². The smallest absolute Gasteiger partial charge is 0.224 e. The highest BCUT2D eigenvalue weighted by molar-refractivity contribution is 6.35. The van der Waals surface area contributed by atoms with Gasteiger partial charge in [0.05, 0.1) is 11.6 Å². The molecule has 2 rings (SSSR count). The van der Waals surface area contributed by atoms with E-state index in [0.29, 0.717) is 41.2 Å². The predicted molar refractivity (Wildman–Crippen MR) is 105 cm³/mol. The van der Waals surface area contributed by atoms with Crippen molar-refractivity contribution in [1.29, 1.82) is 0 Å². The first-order valence-corrected chi connectivity index (χ1v) is 9.23.